The summed E-state index contributed by atoms with van der Waals surface area (Å²) in [5, 5.41) is 0. The summed E-state index contributed by atoms with van der Waals surface area (Å²) in [6.45, 7) is 9.15. The highest BCUT2D eigenvalue weighted by atomic mass is 16.2. The lowest BCUT2D eigenvalue weighted by Gasteiger charge is -2.38. The number of hydrogen-bond donors (Lipinski definition) is 0. The van der Waals surface area contributed by atoms with Gasteiger partial charge in [-0.2, -0.15) is 0 Å². The Kier molecular flexibility index (Phi) is 3.23. The molecule has 0 aromatic heterocycles. The molecule has 1 atom stereocenters. The summed E-state index contributed by atoms with van der Waals surface area (Å²) in [6.07, 6.45) is 2.32. The maximum Gasteiger partial charge on any atom is 0.242 e. The number of anilines is 1. The first-order chi connectivity index (χ1) is 9.45. The van der Waals surface area contributed by atoms with Gasteiger partial charge in [0.15, 0.2) is 0 Å². The molecule has 0 saturated carbocycles. The highest BCUT2D eigenvalue weighted by molar-refractivity contribution is 5.83. The first-order valence-corrected chi connectivity index (χ1v) is 7.60. The second-order valence-corrected chi connectivity index (χ2v) is 7.06. The summed E-state index contributed by atoms with van der Waals surface area (Å²) in [4.78, 5) is 16.5. The average molecular weight is 272 g/mol. The fraction of sp³-hybridized carbons (Fsp3) is 0.588. The third kappa shape index (κ3) is 2.41. The van der Waals surface area contributed by atoms with Gasteiger partial charge >= 0.3 is 0 Å². The third-order valence-electron chi connectivity index (χ3n) is 4.55. The smallest absolute Gasteiger partial charge is 0.242 e. The predicted octanol–water partition coefficient (Wildman–Crippen LogP) is 2.80. The van der Waals surface area contributed by atoms with Gasteiger partial charge in [0.1, 0.15) is 0 Å². The topological polar surface area (TPSA) is 23.6 Å². The van der Waals surface area contributed by atoms with Gasteiger partial charge in [-0.05, 0) is 36.0 Å². The molecule has 0 spiro atoms. The summed E-state index contributed by atoms with van der Waals surface area (Å²) in [6, 6.07) is 9.15. The van der Waals surface area contributed by atoms with Crippen LogP contribution < -0.4 is 4.90 Å². The molecule has 0 aliphatic carbocycles. The van der Waals surface area contributed by atoms with Crippen LogP contribution in [0.3, 0.4) is 0 Å². The number of carbonyl (C=O) groups is 1. The largest absolute Gasteiger partial charge is 0.360 e. The number of benzene rings is 1. The molecular formula is C17H24N2O. The summed E-state index contributed by atoms with van der Waals surface area (Å²) in [5.74, 6) is 0.290. The van der Waals surface area contributed by atoms with Crippen LogP contribution in [0.2, 0.25) is 0 Å². The number of carbonyl (C=O) groups excluding carboxylic acids is 1. The summed E-state index contributed by atoms with van der Waals surface area (Å²) in [7, 11) is 0. The van der Waals surface area contributed by atoms with Crippen LogP contribution >= 0.6 is 0 Å². The predicted molar refractivity (Wildman–Crippen MR) is 82.1 cm³/mol. The van der Waals surface area contributed by atoms with Gasteiger partial charge in [-0.25, -0.2) is 0 Å². The summed E-state index contributed by atoms with van der Waals surface area (Å²) < 4.78 is 0. The number of nitrogens with zero attached hydrogens (tertiary/aromatic N) is 2. The maximum atomic E-state index is 12.2. The highest BCUT2D eigenvalue weighted by Crippen LogP contribution is 2.28. The SMILES string of the molecule is CC(C)(C)c1ccc(N2CC(=O)N3CCC[C@@H]3C2)cc1. The molecule has 0 bridgehead atoms. The summed E-state index contributed by atoms with van der Waals surface area (Å²) in [5.41, 5.74) is 2.70. The fourth-order valence-electron chi connectivity index (χ4n) is 3.30. The maximum absolute atomic E-state index is 12.2. The Balaban J connectivity index is 1.78. The third-order valence-corrected chi connectivity index (χ3v) is 4.55. The van der Waals surface area contributed by atoms with Crippen molar-refractivity contribution in [3.05, 3.63) is 29.8 Å². The van der Waals surface area contributed by atoms with E-state index < -0.39 is 0 Å². The summed E-state index contributed by atoms with van der Waals surface area (Å²) >= 11 is 0. The van der Waals surface area contributed by atoms with Gasteiger partial charge in [-0.3, -0.25) is 4.79 Å². The second kappa shape index (κ2) is 4.80. The number of fused-ring (bicyclic) bond motifs is 1. The zero-order chi connectivity index (χ0) is 14.3. The molecule has 1 amide bonds. The van der Waals surface area contributed by atoms with E-state index in [1.807, 2.05) is 0 Å². The second-order valence-electron chi connectivity index (χ2n) is 7.06. The number of rotatable bonds is 1. The molecule has 0 unspecified atom stereocenters. The lowest BCUT2D eigenvalue weighted by molar-refractivity contribution is -0.131. The molecule has 0 N–H and O–H groups in total. The van der Waals surface area contributed by atoms with Gasteiger partial charge in [0.25, 0.3) is 0 Å². The minimum absolute atomic E-state index is 0.179. The number of piperazine rings is 1. The minimum Gasteiger partial charge on any atom is -0.360 e. The monoisotopic (exact) mass is 272 g/mol. The van der Waals surface area contributed by atoms with Crippen LogP contribution in [0, 0.1) is 0 Å². The first-order valence-electron chi connectivity index (χ1n) is 7.60. The van der Waals surface area contributed by atoms with Crippen molar-refractivity contribution in [2.75, 3.05) is 24.5 Å². The Morgan fingerprint density at radius 2 is 1.85 bits per heavy atom. The molecule has 3 heteroatoms. The van der Waals surface area contributed by atoms with Gasteiger partial charge in [0.05, 0.1) is 6.54 Å². The van der Waals surface area contributed by atoms with Crippen molar-refractivity contribution in [1.82, 2.24) is 4.90 Å². The van der Waals surface area contributed by atoms with Crippen molar-refractivity contribution in [2.24, 2.45) is 0 Å². The van der Waals surface area contributed by atoms with Gasteiger partial charge < -0.3 is 9.80 Å². The van der Waals surface area contributed by atoms with E-state index in [1.165, 1.54) is 11.3 Å². The molecule has 2 aliphatic rings. The molecule has 1 aromatic carbocycles. The normalized spacial score (nSPS) is 23.1. The highest BCUT2D eigenvalue weighted by Gasteiger charge is 2.35. The van der Waals surface area contributed by atoms with Crippen LogP contribution in [-0.4, -0.2) is 36.5 Å². The van der Waals surface area contributed by atoms with Crippen molar-refractivity contribution in [1.29, 1.82) is 0 Å². The Hall–Kier alpha value is -1.51. The van der Waals surface area contributed by atoms with Gasteiger partial charge in [-0.1, -0.05) is 32.9 Å². The minimum atomic E-state index is 0.179. The Morgan fingerprint density at radius 3 is 2.50 bits per heavy atom. The molecule has 2 heterocycles. The Morgan fingerprint density at radius 1 is 1.15 bits per heavy atom. The van der Waals surface area contributed by atoms with E-state index in [-0.39, 0.29) is 5.41 Å². The van der Waals surface area contributed by atoms with Crippen molar-refractivity contribution >= 4 is 11.6 Å². The molecule has 3 rings (SSSR count). The van der Waals surface area contributed by atoms with Crippen LogP contribution in [0.25, 0.3) is 0 Å². The van der Waals surface area contributed by atoms with E-state index in [0.29, 0.717) is 18.5 Å². The van der Waals surface area contributed by atoms with Gasteiger partial charge in [0, 0.05) is 24.8 Å². The van der Waals surface area contributed by atoms with Crippen molar-refractivity contribution in [3.8, 4) is 0 Å². The van der Waals surface area contributed by atoms with Crippen LogP contribution in [0.1, 0.15) is 39.2 Å². The van der Waals surface area contributed by atoms with E-state index in [9.17, 15) is 4.79 Å². The lowest BCUT2D eigenvalue weighted by Crippen LogP contribution is -2.53. The van der Waals surface area contributed by atoms with E-state index in [1.54, 1.807) is 0 Å². The Labute approximate surface area is 121 Å². The first kappa shape index (κ1) is 13.5. The standard InChI is InChI=1S/C17H24N2O/c1-17(2,3)13-6-8-14(9-7-13)18-11-15-5-4-10-19(15)16(20)12-18/h6-9,15H,4-5,10-12H2,1-3H3/t15-/m1/s1. The van der Waals surface area contributed by atoms with Crippen molar-refractivity contribution in [2.45, 2.75) is 45.1 Å². The van der Waals surface area contributed by atoms with Crippen LogP contribution in [0.5, 0.6) is 0 Å². The number of amides is 1. The van der Waals surface area contributed by atoms with Gasteiger partial charge in [0.2, 0.25) is 5.91 Å². The van der Waals surface area contributed by atoms with E-state index >= 15 is 0 Å². The average Bonchev–Trinajstić information content (AvgIpc) is 2.86. The molecule has 2 aliphatic heterocycles. The van der Waals surface area contributed by atoms with Gasteiger partial charge in [-0.15, -0.1) is 0 Å². The molecule has 3 nitrogen and oxygen atoms in total. The fourth-order valence-corrected chi connectivity index (χ4v) is 3.30. The zero-order valence-corrected chi connectivity index (χ0v) is 12.7. The van der Waals surface area contributed by atoms with Crippen molar-refractivity contribution in [3.63, 3.8) is 0 Å². The van der Waals surface area contributed by atoms with Crippen LogP contribution in [0.4, 0.5) is 5.69 Å². The molecular weight excluding hydrogens is 248 g/mol. The van der Waals surface area contributed by atoms with E-state index in [4.69, 9.17) is 0 Å². The molecule has 1 aromatic rings. The molecule has 2 saturated heterocycles. The molecule has 0 radical (unpaired) electrons. The van der Waals surface area contributed by atoms with Crippen molar-refractivity contribution < 1.29 is 4.79 Å². The van der Waals surface area contributed by atoms with Crippen LogP contribution in [0.15, 0.2) is 24.3 Å². The lowest BCUT2D eigenvalue weighted by atomic mass is 9.87. The Bertz CT molecular complexity index is 501. The quantitative estimate of drug-likeness (QED) is 0.785. The van der Waals surface area contributed by atoms with E-state index in [2.05, 4.69) is 54.8 Å². The zero-order valence-electron chi connectivity index (χ0n) is 12.7. The molecule has 20 heavy (non-hydrogen) atoms. The van der Waals surface area contributed by atoms with E-state index in [0.717, 1.165) is 25.9 Å². The molecule has 2 fully saturated rings. The molecule has 108 valence electrons. The number of hydrogen-bond acceptors (Lipinski definition) is 2. The van der Waals surface area contributed by atoms with Crippen LogP contribution in [-0.2, 0) is 10.2 Å².